The molecule has 2 N–H and O–H groups in total. The molecule has 7 heterocycles. The number of hydrogen-bond acceptors (Lipinski definition) is 10. The quantitative estimate of drug-likeness (QED) is 0.282. The van der Waals surface area contributed by atoms with Gasteiger partial charge in [-0.15, -0.1) is 0 Å². The summed E-state index contributed by atoms with van der Waals surface area (Å²) in [5.74, 6) is 1.38. The molecule has 4 aliphatic rings. The first-order valence-electron chi connectivity index (χ1n) is 17.8. The summed E-state index contributed by atoms with van der Waals surface area (Å²) in [5.41, 5.74) is 5.98. The van der Waals surface area contributed by atoms with Gasteiger partial charge >= 0.3 is 0 Å². The van der Waals surface area contributed by atoms with Gasteiger partial charge in [0.15, 0.2) is 11.4 Å². The van der Waals surface area contributed by atoms with Gasteiger partial charge in [-0.05, 0) is 55.0 Å². The molecule has 13 heteroatoms. The number of rotatable bonds is 8. The molecule has 0 unspecified atom stereocenters. The van der Waals surface area contributed by atoms with Gasteiger partial charge in [0.1, 0.15) is 17.3 Å². The number of nitrogens with zero attached hydrogens (tertiary/aromatic N) is 7. The predicted octanol–water partition coefficient (Wildman–Crippen LogP) is 3.58. The standard InChI is InChI=1S/C38H46N8O5/c1-23-18-43(26-21-51-22-26)10-11-44(23)25-6-7-32(40-17-25)41-30-14-24(19-42(4)36(30)48)27-8-9-39-35(29(27)20-47)46-13-12-45-31-16-38(2,3)15-28(31)34(50-5)33(45)37(46)49/h6-9,14,17,19,23,26,47H,10-13,15-16,18,20-22H2,1-5H3,(H,40,41)/t23-/m0/s1. The van der Waals surface area contributed by atoms with E-state index in [0.717, 1.165) is 56.9 Å². The maximum atomic E-state index is 14.2. The Morgan fingerprint density at radius 3 is 2.59 bits per heavy atom. The molecule has 0 spiro atoms. The van der Waals surface area contributed by atoms with Crippen LogP contribution in [0.5, 0.6) is 5.75 Å². The van der Waals surface area contributed by atoms with Crippen molar-refractivity contribution in [2.75, 3.05) is 61.6 Å². The number of amides is 1. The van der Waals surface area contributed by atoms with Crippen molar-refractivity contribution in [3.8, 4) is 16.9 Å². The number of carbonyl (C=O) groups is 1. The van der Waals surface area contributed by atoms with Gasteiger partial charge in [-0.3, -0.25) is 19.4 Å². The zero-order chi connectivity index (χ0) is 35.6. The number of hydrogen-bond donors (Lipinski definition) is 2. The number of piperazine rings is 1. The molecular formula is C38H46N8O5. The monoisotopic (exact) mass is 694 g/mol. The van der Waals surface area contributed by atoms with E-state index in [1.165, 1.54) is 10.3 Å². The van der Waals surface area contributed by atoms with Gasteiger partial charge in [-0.2, -0.15) is 0 Å². The Labute approximate surface area is 297 Å². The van der Waals surface area contributed by atoms with Crippen LogP contribution in [0, 0.1) is 5.41 Å². The topological polar surface area (TPSA) is 130 Å². The number of nitrogens with one attached hydrogen (secondary N) is 1. The summed E-state index contributed by atoms with van der Waals surface area (Å²) in [6.07, 6.45) is 6.97. The summed E-state index contributed by atoms with van der Waals surface area (Å²) < 4.78 is 14.9. The number of aliphatic hydroxyl groups excluding tert-OH is 1. The van der Waals surface area contributed by atoms with Crippen molar-refractivity contribution in [3.63, 3.8) is 0 Å². The molecule has 1 atom stereocenters. The van der Waals surface area contributed by atoms with E-state index in [1.54, 1.807) is 43.6 Å². The summed E-state index contributed by atoms with van der Waals surface area (Å²) in [7, 11) is 3.32. The predicted molar refractivity (Wildman–Crippen MR) is 195 cm³/mol. The first kappa shape index (κ1) is 33.4. The number of anilines is 4. The Kier molecular flexibility index (Phi) is 8.39. The number of methoxy groups -OCH3 is 1. The van der Waals surface area contributed by atoms with Gasteiger partial charge < -0.3 is 33.9 Å². The van der Waals surface area contributed by atoms with Crippen LogP contribution in [0.25, 0.3) is 11.1 Å². The molecule has 2 fully saturated rings. The third kappa shape index (κ3) is 5.77. The van der Waals surface area contributed by atoms with Gasteiger partial charge in [0.05, 0.1) is 44.9 Å². The van der Waals surface area contributed by atoms with Gasteiger partial charge in [0.2, 0.25) is 0 Å². The molecule has 4 aromatic heterocycles. The second kappa shape index (κ2) is 12.8. The number of ether oxygens (including phenoxy) is 2. The van der Waals surface area contributed by atoms with Crippen molar-refractivity contribution in [3.05, 3.63) is 75.7 Å². The largest absolute Gasteiger partial charge is 0.494 e. The number of pyridine rings is 3. The number of fused-ring (bicyclic) bond motifs is 3. The lowest BCUT2D eigenvalue weighted by atomic mass is 9.90. The van der Waals surface area contributed by atoms with E-state index >= 15 is 0 Å². The van der Waals surface area contributed by atoms with Crippen LogP contribution in [0.2, 0.25) is 0 Å². The highest BCUT2D eigenvalue weighted by Crippen LogP contribution is 2.46. The Bertz CT molecular complexity index is 2020. The maximum absolute atomic E-state index is 14.2. The molecule has 3 aliphatic heterocycles. The minimum absolute atomic E-state index is 0.114. The first-order valence-corrected chi connectivity index (χ1v) is 17.8. The van der Waals surface area contributed by atoms with Crippen molar-refractivity contribution in [2.45, 2.75) is 58.8 Å². The number of aromatic nitrogens is 4. The van der Waals surface area contributed by atoms with Crippen LogP contribution >= 0.6 is 0 Å². The molecule has 2 saturated heterocycles. The molecule has 51 heavy (non-hydrogen) atoms. The Hall–Kier alpha value is -4.72. The van der Waals surface area contributed by atoms with Crippen molar-refractivity contribution >= 4 is 28.9 Å². The highest BCUT2D eigenvalue weighted by molar-refractivity contribution is 6.08. The SMILES string of the molecule is COc1c2c(n3c1C(=O)N(c1nccc(-c4cc(Nc5ccc(N6CCN(C7COC7)C[C@@H]6C)cn5)c(=O)n(C)c4)c1CO)CC3)CC(C)(C)C2. The molecule has 0 radical (unpaired) electrons. The van der Waals surface area contributed by atoms with Gasteiger partial charge in [0, 0.05) is 80.6 Å². The zero-order valence-corrected chi connectivity index (χ0v) is 30.0. The van der Waals surface area contributed by atoms with E-state index in [9.17, 15) is 14.7 Å². The highest BCUT2D eigenvalue weighted by atomic mass is 16.5. The molecule has 0 aromatic carbocycles. The summed E-state index contributed by atoms with van der Waals surface area (Å²) in [6, 6.07) is 8.38. The van der Waals surface area contributed by atoms with E-state index in [0.29, 0.717) is 70.6 Å². The third-order valence-corrected chi connectivity index (χ3v) is 11.0. The van der Waals surface area contributed by atoms with E-state index < -0.39 is 0 Å². The zero-order valence-electron chi connectivity index (χ0n) is 30.0. The third-order valence-electron chi connectivity index (χ3n) is 11.0. The lowest BCUT2D eigenvalue weighted by molar-refractivity contribution is -0.0691. The number of aliphatic hydroxyl groups is 1. The van der Waals surface area contributed by atoms with Crippen molar-refractivity contribution in [1.29, 1.82) is 0 Å². The smallest absolute Gasteiger partial charge is 0.280 e. The van der Waals surface area contributed by atoms with Crippen molar-refractivity contribution in [1.82, 2.24) is 24.0 Å². The Balaban J connectivity index is 1.05. The molecular weight excluding hydrogens is 648 g/mol. The first-order chi connectivity index (χ1) is 24.6. The molecule has 0 bridgehead atoms. The minimum atomic E-state index is -0.346. The van der Waals surface area contributed by atoms with Crippen LogP contribution in [-0.4, -0.2) is 93.6 Å². The Morgan fingerprint density at radius 2 is 1.90 bits per heavy atom. The summed E-state index contributed by atoms with van der Waals surface area (Å²) in [5, 5.41) is 14.0. The maximum Gasteiger partial charge on any atom is 0.280 e. The van der Waals surface area contributed by atoms with Gasteiger partial charge in [-0.1, -0.05) is 13.8 Å². The van der Waals surface area contributed by atoms with Crippen LogP contribution in [-0.2, 0) is 37.8 Å². The molecule has 4 aromatic rings. The molecule has 13 nitrogen and oxygen atoms in total. The lowest BCUT2D eigenvalue weighted by Gasteiger charge is -2.46. The molecule has 0 saturated carbocycles. The van der Waals surface area contributed by atoms with Crippen LogP contribution in [0.15, 0.2) is 47.7 Å². The average Bonchev–Trinajstić information content (AvgIpc) is 3.56. The van der Waals surface area contributed by atoms with E-state index in [2.05, 4.69) is 50.4 Å². The summed E-state index contributed by atoms with van der Waals surface area (Å²) in [4.78, 5) is 43.3. The van der Waals surface area contributed by atoms with Crippen LogP contribution in [0.1, 0.15) is 48.1 Å². The van der Waals surface area contributed by atoms with Crippen molar-refractivity contribution < 1.29 is 19.4 Å². The fraction of sp³-hybridized carbons (Fsp3) is 0.474. The minimum Gasteiger partial charge on any atom is -0.494 e. The summed E-state index contributed by atoms with van der Waals surface area (Å²) >= 11 is 0. The highest BCUT2D eigenvalue weighted by Gasteiger charge is 2.42. The van der Waals surface area contributed by atoms with Crippen LogP contribution in [0.3, 0.4) is 0 Å². The van der Waals surface area contributed by atoms with Crippen LogP contribution < -0.4 is 25.4 Å². The normalized spacial score (nSPS) is 20.3. The van der Waals surface area contributed by atoms with Crippen molar-refractivity contribution in [2.24, 2.45) is 12.5 Å². The summed E-state index contributed by atoms with van der Waals surface area (Å²) in [6.45, 7) is 11.9. The van der Waals surface area contributed by atoms with Crippen LogP contribution in [0.4, 0.5) is 23.0 Å². The molecule has 1 amide bonds. The molecule has 8 rings (SSSR count). The van der Waals surface area contributed by atoms with Gasteiger partial charge in [0.25, 0.3) is 11.5 Å². The van der Waals surface area contributed by atoms with Gasteiger partial charge in [-0.25, -0.2) is 9.97 Å². The fourth-order valence-corrected chi connectivity index (χ4v) is 8.38. The average molecular weight is 695 g/mol. The molecule has 1 aliphatic carbocycles. The fourth-order valence-electron chi connectivity index (χ4n) is 8.38. The number of carbonyl (C=O) groups excluding carboxylic acids is 1. The number of aryl methyl sites for hydroxylation is 1. The van der Waals surface area contributed by atoms with E-state index in [-0.39, 0.29) is 23.5 Å². The van der Waals surface area contributed by atoms with E-state index in [1.807, 2.05) is 18.3 Å². The second-order valence-corrected chi connectivity index (χ2v) is 15.1. The lowest BCUT2D eigenvalue weighted by Crippen LogP contribution is -2.59. The Morgan fingerprint density at radius 1 is 1.08 bits per heavy atom. The van der Waals surface area contributed by atoms with E-state index in [4.69, 9.17) is 9.47 Å². The molecule has 268 valence electrons. The second-order valence-electron chi connectivity index (χ2n) is 15.1.